The molecule has 5 nitrogen and oxygen atoms in total. The second kappa shape index (κ2) is 4.42. The summed E-state index contributed by atoms with van der Waals surface area (Å²) in [4.78, 5) is 23.8. The molecule has 0 radical (unpaired) electrons. The van der Waals surface area contributed by atoms with Crippen LogP contribution in [0.25, 0.3) is 11.0 Å². The molecule has 19 heavy (non-hydrogen) atoms. The molecular weight excluding hydrogens is 246 g/mol. The summed E-state index contributed by atoms with van der Waals surface area (Å²) < 4.78 is 10.5. The van der Waals surface area contributed by atoms with Gasteiger partial charge in [0.1, 0.15) is 11.2 Å². The minimum absolute atomic E-state index is 0.127. The molecule has 2 N–H and O–H groups in total. The van der Waals surface area contributed by atoms with Crippen LogP contribution in [0, 0.1) is 0 Å². The Morgan fingerprint density at radius 1 is 1.32 bits per heavy atom. The fraction of sp³-hybridized carbons (Fsp3) is 0.286. The van der Waals surface area contributed by atoms with Gasteiger partial charge in [-0.3, -0.25) is 4.79 Å². The molecule has 0 atom stereocenters. The van der Waals surface area contributed by atoms with Gasteiger partial charge in [0.25, 0.3) is 0 Å². The Balaban J connectivity index is 2.53. The maximum Gasteiger partial charge on any atom is 0.374 e. The Morgan fingerprint density at radius 3 is 2.63 bits per heavy atom. The lowest BCUT2D eigenvalue weighted by molar-refractivity contribution is 0.00364. The summed E-state index contributed by atoms with van der Waals surface area (Å²) >= 11 is 0. The molecule has 0 amide bonds. The van der Waals surface area contributed by atoms with Gasteiger partial charge >= 0.3 is 5.97 Å². The quantitative estimate of drug-likeness (QED) is 0.629. The minimum Gasteiger partial charge on any atom is -0.454 e. The smallest absolute Gasteiger partial charge is 0.374 e. The first-order chi connectivity index (χ1) is 8.78. The van der Waals surface area contributed by atoms with Gasteiger partial charge in [-0.1, -0.05) is 6.07 Å². The average Bonchev–Trinajstić information content (AvgIpc) is 2.26. The van der Waals surface area contributed by atoms with E-state index in [4.69, 9.17) is 14.9 Å². The molecule has 0 aliphatic heterocycles. The number of hydrogen-bond donors (Lipinski definition) is 1. The maximum absolute atomic E-state index is 11.9. The third kappa shape index (κ3) is 2.76. The molecule has 1 aromatic heterocycles. The van der Waals surface area contributed by atoms with E-state index in [2.05, 4.69) is 0 Å². The molecule has 2 aromatic rings. The van der Waals surface area contributed by atoms with Crippen LogP contribution in [0.15, 0.2) is 33.5 Å². The van der Waals surface area contributed by atoms with Crippen molar-refractivity contribution in [1.29, 1.82) is 0 Å². The number of nitrogens with two attached hydrogens (primary N) is 1. The predicted octanol–water partition coefficient (Wildman–Crippen LogP) is 2.33. The Morgan fingerprint density at radius 2 is 2.00 bits per heavy atom. The number of benzene rings is 1. The van der Waals surface area contributed by atoms with E-state index in [9.17, 15) is 9.59 Å². The standard InChI is InChI=1S/C14H15NO4/c1-14(2,3)19-13(17)11-7-9(16)12-8(15)5-4-6-10(12)18-11/h4-7H,15H2,1-3H3. The molecule has 0 aliphatic carbocycles. The Hall–Kier alpha value is -2.30. The molecule has 0 saturated heterocycles. The molecule has 0 unspecified atom stereocenters. The van der Waals surface area contributed by atoms with Crippen LogP contribution in [-0.4, -0.2) is 11.6 Å². The van der Waals surface area contributed by atoms with E-state index in [1.165, 1.54) is 0 Å². The number of carbonyl (C=O) groups excluding carboxylic acids is 1. The van der Waals surface area contributed by atoms with E-state index in [1.54, 1.807) is 39.0 Å². The fourth-order valence-corrected chi connectivity index (χ4v) is 1.66. The molecular formula is C14H15NO4. The normalized spacial score (nSPS) is 11.5. The van der Waals surface area contributed by atoms with Crippen LogP contribution in [0.2, 0.25) is 0 Å². The van der Waals surface area contributed by atoms with E-state index >= 15 is 0 Å². The lowest BCUT2D eigenvalue weighted by Gasteiger charge is -2.18. The van der Waals surface area contributed by atoms with Crippen LogP contribution in [0.4, 0.5) is 5.69 Å². The minimum atomic E-state index is -0.672. The van der Waals surface area contributed by atoms with Crippen LogP contribution in [0.1, 0.15) is 31.3 Å². The molecule has 1 aromatic carbocycles. The molecule has 0 saturated carbocycles. The Labute approximate surface area is 110 Å². The van der Waals surface area contributed by atoms with Gasteiger partial charge in [-0.2, -0.15) is 0 Å². The lowest BCUT2D eigenvalue weighted by Crippen LogP contribution is -2.24. The van der Waals surface area contributed by atoms with Crippen molar-refractivity contribution in [2.75, 3.05) is 5.73 Å². The summed E-state index contributed by atoms with van der Waals surface area (Å²) in [6.07, 6.45) is 0. The number of esters is 1. The van der Waals surface area contributed by atoms with Gasteiger partial charge in [0.05, 0.1) is 5.39 Å². The zero-order chi connectivity index (χ0) is 14.2. The molecule has 0 fully saturated rings. The van der Waals surface area contributed by atoms with Crippen LogP contribution >= 0.6 is 0 Å². The van der Waals surface area contributed by atoms with Crippen molar-refractivity contribution in [3.63, 3.8) is 0 Å². The largest absolute Gasteiger partial charge is 0.454 e. The predicted molar refractivity (Wildman–Crippen MR) is 72.1 cm³/mol. The molecule has 0 bridgehead atoms. The number of carbonyl (C=O) groups is 1. The highest BCUT2D eigenvalue weighted by Crippen LogP contribution is 2.19. The molecule has 1 heterocycles. The summed E-state index contributed by atoms with van der Waals surface area (Å²) in [6, 6.07) is 5.94. The molecule has 5 heteroatoms. The van der Waals surface area contributed by atoms with Gasteiger partial charge in [-0.15, -0.1) is 0 Å². The molecule has 0 aliphatic rings. The number of hydrogen-bond acceptors (Lipinski definition) is 5. The summed E-state index contributed by atoms with van der Waals surface area (Å²) in [5.41, 5.74) is 5.29. The van der Waals surface area contributed by atoms with Crippen LogP contribution in [-0.2, 0) is 4.74 Å². The van der Waals surface area contributed by atoms with Crippen molar-refractivity contribution in [2.24, 2.45) is 0 Å². The first-order valence-corrected chi connectivity index (χ1v) is 5.83. The average molecular weight is 261 g/mol. The topological polar surface area (TPSA) is 82.5 Å². The Bertz CT molecular complexity index is 695. The van der Waals surface area contributed by atoms with Crippen LogP contribution in [0.5, 0.6) is 0 Å². The Kier molecular flexibility index (Phi) is 3.06. The van der Waals surface area contributed by atoms with Crippen molar-refractivity contribution in [3.8, 4) is 0 Å². The van der Waals surface area contributed by atoms with Crippen molar-refractivity contribution >= 4 is 22.6 Å². The zero-order valence-corrected chi connectivity index (χ0v) is 11.0. The van der Waals surface area contributed by atoms with E-state index in [0.717, 1.165) is 6.07 Å². The van der Waals surface area contributed by atoms with Gasteiger partial charge in [0.2, 0.25) is 5.76 Å². The highest BCUT2D eigenvalue weighted by molar-refractivity contribution is 5.92. The number of nitrogen functional groups attached to an aromatic ring is 1. The summed E-state index contributed by atoms with van der Waals surface area (Å²) in [7, 11) is 0. The first kappa shape index (κ1) is 13.1. The fourth-order valence-electron chi connectivity index (χ4n) is 1.66. The second-order valence-electron chi connectivity index (χ2n) is 5.20. The van der Waals surface area contributed by atoms with Crippen molar-refractivity contribution in [1.82, 2.24) is 0 Å². The number of fused-ring (bicyclic) bond motifs is 1. The van der Waals surface area contributed by atoms with Crippen molar-refractivity contribution < 1.29 is 13.9 Å². The SMILES string of the molecule is CC(C)(C)OC(=O)c1cc(=O)c2c(N)cccc2o1. The monoisotopic (exact) mass is 261 g/mol. The summed E-state index contributed by atoms with van der Waals surface area (Å²) in [5, 5.41) is 0.273. The van der Waals surface area contributed by atoms with Gasteiger partial charge in [0.15, 0.2) is 5.43 Å². The highest BCUT2D eigenvalue weighted by atomic mass is 16.6. The summed E-state index contributed by atoms with van der Waals surface area (Å²) in [6.45, 7) is 5.21. The highest BCUT2D eigenvalue weighted by Gasteiger charge is 2.21. The van der Waals surface area contributed by atoms with Crippen LogP contribution in [0.3, 0.4) is 0 Å². The van der Waals surface area contributed by atoms with Crippen molar-refractivity contribution in [2.45, 2.75) is 26.4 Å². The maximum atomic E-state index is 11.9. The van der Waals surface area contributed by atoms with E-state index < -0.39 is 11.6 Å². The van der Waals surface area contributed by atoms with Gasteiger partial charge in [0, 0.05) is 11.8 Å². The molecule has 0 spiro atoms. The zero-order valence-electron chi connectivity index (χ0n) is 11.0. The first-order valence-electron chi connectivity index (χ1n) is 5.83. The number of ether oxygens (including phenoxy) is 1. The van der Waals surface area contributed by atoms with E-state index in [-0.39, 0.29) is 22.2 Å². The third-order valence-corrected chi connectivity index (χ3v) is 2.39. The van der Waals surface area contributed by atoms with Gasteiger partial charge in [-0.05, 0) is 32.9 Å². The van der Waals surface area contributed by atoms with Crippen LogP contribution < -0.4 is 11.2 Å². The molecule has 2 rings (SSSR count). The lowest BCUT2D eigenvalue weighted by atomic mass is 10.1. The third-order valence-electron chi connectivity index (χ3n) is 2.39. The number of anilines is 1. The number of rotatable bonds is 1. The van der Waals surface area contributed by atoms with E-state index in [0.29, 0.717) is 5.69 Å². The van der Waals surface area contributed by atoms with Crippen molar-refractivity contribution in [3.05, 3.63) is 40.2 Å². The second-order valence-corrected chi connectivity index (χ2v) is 5.20. The van der Waals surface area contributed by atoms with Gasteiger partial charge < -0.3 is 14.9 Å². The summed E-state index contributed by atoms with van der Waals surface area (Å²) in [5.74, 6) is -0.799. The molecule has 100 valence electrons. The van der Waals surface area contributed by atoms with Gasteiger partial charge in [-0.25, -0.2) is 4.79 Å². The van der Waals surface area contributed by atoms with E-state index in [1.807, 2.05) is 0 Å².